The lowest BCUT2D eigenvalue weighted by atomic mass is 10.1. The van der Waals surface area contributed by atoms with Crippen molar-refractivity contribution in [3.8, 4) is 0 Å². The number of aliphatic hydroxyl groups is 1. The molecule has 1 aliphatic carbocycles. The lowest BCUT2D eigenvalue weighted by Crippen LogP contribution is -2.32. The maximum absolute atomic E-state index is 12.0. The molecule has 0 spiro atoms. The Balaban J connectivity index is 1.69. The molecule has 0 radical (unpaired) electrons. The zero-order valence-electron chi connectivity index (χ0n) is 11.6. The number of benzene rings is 2. The Hall–Kier alpha value is -2.39. The summed E-state index contributed by atoms with van der Waals surface area (Å²) in [6, 6.07) is 17.1. The highest BCUT2D eigenvalue weighted by Crippen LogP contribution is 2.31. The average Bonchev–Trinajstić information content (AvgIpc) is 2.82. The van der Waals surface area contributed by atoms with Crippen LogP contribution in [0.1, 0.15) is 22.7 Å². The van der Waals surface area contributed by atoms with Crippen LogP contribution in [0.25, 0.3) is 6.08 Å². The first-order chi connectivity index (χ1) is 10.2. The number of aliphatic hydroxyl groups excluding tert-OH is 1. The minimum atomic E-state index is -0.559. The number of hydrogen-bond donors (Lipinski definition) is 2. The molecular weight excluding hydrogens is 262 g/mol. The summed E-state index contributed by atoms with van der Waals surface area (Å²) >= 11 is 0. The van der Waals surface area contributed by atoms with E-state index < -0.39 is 6.10 Å². The number of carbonyl (C=O) groups excluding carboxylic acids is 1. The fourth-order valence-electron chi connectivity index (χ4n) is 2.69. The molecule has 21 heavy (non-hydrogen) atoms. The van der Waals surface area contributed by atoms with Gasteiger partial charge >= 0.3 is 0 Å². The Morgan fingerprint density at radius 2 is 1.81 bits per heavy atom. The molecule has 0 fully saturated rings. The molecule has 0 aliphatic heterocycles. The summed E-state index contributed by atoms with van der Waals surface area (Å²) in [5, 5.41) is 13.0. The van der Waals surface area contributed by atoms with E-state index in [1.165, 1.54) is 6.08 Å². The molecule has 0 bridgehead atoms. The summed E-state index contributed by atoms with van der Waals surface area (Å²) in [5.74, 6) is -0.195. The monoisotopic (exact) mass is 279 g/mol. The second kappa shape index (κ2) is 5.94. The summed E-state index contributed by atoms with van der Waals surface area (Å²) in [4.78, 5) is 12.0. The van der Waals surface area contributed by atoms with E-state index in [1.54, 1.807) is 6.08 Å². The van der Waals surface area contributed by atoms with Gasteiger partial charge in [-0.2, -0.15) is 0 Å². The van der Waals surface area contributed by atoms with Crippen molar-refractivity contribution in [2.24, 2.45) is 0 Å². The van der Waals surface area contributed by atoms with Crippen LogP contribution in [0.3, 0.4) is 0 Å². The molecule has 2 atom stereocenters. The van der Waals surface area contributed by atoms with Crippen LogP contribution >= 0.6 is 0 Å². The van der Waals surface area contributed by atoms with Gasteiger partial charge in [0.15, 0.2) is 0 Å². The van der Waals surface area contributed by atoms with Crippen LogP contribution in [-0.4, -0.2) is 17.1 Å². The Labute approximate surface area is 123 Å². The predicted molar refractivity (Wildman–Crippen MR) is 82.5 cm³/mol. The number of rotatable bonds is 3. The molecule has 3 rings (SSSR count). The van der Waals surface area contributed by atoms with Gasteiger partial charge in [0.25, 0.3) is 0 Å². The topological polar surface area (TPSA) is 49.3 Å². The van der Waals surface area contributed by atoms with Gasteiger partial charge in [0.2, 0.25) is 5.91 Å². The number of nitrogens with one attached hydrogen (secondary N) is 1. The van der Waals surface area contributed by atoms with E-state index in [2.05, 4.69) is 5.32 Å². The zero-order valence-corrected chi connectivity index (χ0v) is 11.6. The van der Waals surface area contributed by atoms with Gasteiger partial charge in [0.05, 0.1) is 12.1 Å². The Morgan fingerprint density at radius 1 is 1.10 bits per heavy atom. The van der Waals surface area contributed by atoms with E-state index in [1.807, 2.05) is 54.6 Å². The number of hydrogen-bond acceptors (Lipinski definition) is 2. The minimum absolute atomic E-state index is 0.195. The van der Waals surface area contributed by atoms with E-state index in [-0.39, 0.29) is 11.9 Å². The van der Waals surface area contributed by atoms with Crippen molar-refractivity contribution in [3.05, 3.63) is 77.4 Å². The van der Waals surface area contributed by atoms with E-state index in [0.29, 0.717) is 6.42 Å². The van der Waals surface area contributed by atoms with Gasteiger partial charge in [-0.05, 0) is 22.8 Å². The summed E-state index contributed by atoms with van der Waals surface area (Å²) in [6.07, 6.45) is 3.30. The van der Waals surface area contributed by atoms with Crippen molar-refractivity contribution in [3.63, 3.8) is 0 Å². The first-order valence-corrected chi connectivity index (χ1v) is 7.03. The molecule has 1 aliphatic rings. The van der Waals surface area contributed by atoms with Crippen LogP contribution in [0.5, 0.6) is 0 Å². The fraction of sp³-hybridized carbons (Fsp3) is 0.167. The SMILES string of the molecule is O=C(/C=C/c1ccccc1)N[C@@H]1c2ccccc2C[C@@H]1O. The van der Waals surface area contributed by atoms with Crippen LogP contribution < -0.4 is 5.32 Å². The van der Waals surface area contributed by atoms with Gasteiger partial charge in [-0.3, -0.25) is 4.79 Å². The number of amides is 1. The third kappa shape index (κ3) is 3.03. The van der Waals surface area contributed by atoms with Gasteiger partial charge < -0.3 is 10.4 Å². The van der Waals surface area contributed by atoms with Gasteiger partial charge in [-0.1, -0.05) is 54.6 Å². The van der Waals surface area contributed by atoms with Crippen LogP contribution in [0.15, 0.2) is 60.7 Å². The largest absolute Gasteiger partial charge is 0.390 e. The maximum atomic E-state index is 12.0. The van der Waals surface area contributed by atoms with Gasteiger partial charge in [-0.25, -0.2) is 0 Å². The second-order valence-corrected chi connectivity index (χ2v) is 5.20. The molecule has 3 heteroatoms. The molecule has 106 valence electrons. The summed E-state index contributed by atoms with van der Waals surface area (Å²) < 4.78 is 0. The summed E-state index contributed by atoms with van der Waals surface area (Å²) in [7, 11) is 0. The van der Waals surface area contributed by atoms with E-state index in [4.69, 9.17) is 0 Å². The number of fused-ring (bicyclic) bond motifs is 1. The third-order valence-electron chi connectivity index (χ3n) is 3.73. The number of carbonyl (C=O) groups is 1. The molecular formula is C18H17NO2. The van der Waals surface area contributed by atoms with Crippen molar-refractivity contribution >= 4 is 12.0 Å². The van der Waals surface area contributed by atoms with Crippen LogP contribution in [0.2, 0.25) is 0 Å². The first-order valence-electron chi connectivity index (χ1n) is 7.03. The highest BCUT2D eigenvalue weighted by Gasteiger charge is 2.31. The third-order valence-corrected chi connectivity index (χ3v) is 3.73. The molecule has 0 aromatic heterocycles. The summed E-state index contributed by atoms with van der Waals surface area (Å²) in [6.45, 7) is 0. The molecule has 2 aromatic rings. The molecule has 0 heterocycles. The lowest BCUT2D eigenvalue weighted by Gasteiger charge is -2.16. The van der Waals surface area contributed by atoms with Crippen molar-refractivity contribution in [1.29, 1.82) is 0 Å². The Morgan fingerprint density at radius 3 is 2.62 bits per heavy atom. The highest BCUT2D eigenvalue weighted by atomic mass is 16.3. The molecule has 0 saturated heterocycles. The lowest BCUT2D eigenvalue weighted by molar-refractivity contribution is -0.117. The fourth-order valence-corrected chi connectivity index (χ4v) is 2.69. The second-order valence-electron chi connectivity index (χ2n) is 5.20. The smallest absolute Gasteiger partial charge is 0.244 e. The van der Waals surface area contributed by atoms with Gasteiger partial charge in [0, 0.05) is 12.5 Å². The normalized spacial score (nSPS) is 20.4. The Bertz CT molecular complexity index is 664. The van der Waals surface area contributed by atoms with Crippen molar-refractivity contribution in [2.75, 3.05) is 0 Å². The van der Waals surface area contributed by atoms with Crippen molar-refractivity contribution < 1.29 is 9.90 Å². The van der Waals surface area contributed by atoms with E-state index in [9.17, 15) is 9.90 Å². The molecule has 0 saturated carbocycles. The predicted octanol–water partition coefficient (Wildman–Crippen LogP) is 2.47. The average molecular weight is 279 g/mol. The molecule has 2 N–H and O–H groups in total. The quantitative estimate of drug-likeness (QED) is 0.848. The molecule has 3 nitrogen and oxygen atoms in total. The molecule has 1 amide bonds. The summed E-state index contributed by atoms with van der Waals surface area (Å²) in [5.41, 5.74) is 3.08. The van der Waals surface area contributed by atoms with Crippen LogP contribution in [-0.2, 0) is 11.2 Å². The van der Waals surface area contributed by atoms with E-state index >= 15 is 0 Å². The maximum Gasteiger partial charge on any atom is 0.244 e. The standard InChI is InChI=1S/C18H17NO2/c20-16-12-14-8-4-5-9-15(14)18(16)19-17(21)11-10-13-6-2-1-3-7-13/h1-11,16,18,20H,12H2,(H,19,21)/b11-10+/t16-,18+/m0/s1. The highest BCUT2D eigenvalue weighted by molar-refractivity contribution is 5.92. The Kier molecular flexibility index (Phi) is 3.84. The van der Waals surface area contributed by atoms with Gasteiger partial charge in [-0.15, -0.1) is 0 Å². The minimum Gasteiger partial charge on any atom is -0.390 e. The molecule has 0 unspecified atom stereocenters. The van der Waals surface area contributed by atoms with Crippen molar-refractivity contribution in [2.45, 2.75) is 18.6 Å². The molecule has 2 aromatic carbocycles. The first kappa shape index (κ1) is 13.6. The van der Waals surface area contributed by atoms with E-state index in [0.717, 1.165) is 16.7 Å². The van der Waals surface area contributed by atoms with Gasteiger partial charge in [0.1, 0.15) is 0 Å². The van der Waals surface area contributed by atoms with Crippen molar-refractivity contribution in [1.82, 2.24) is 5.32 Å². The van der Waals surface area contributed by atoms with Crippen LogP contribution in [0, 0.1) is 0 Å². The van der Waals surface area contributed by atoms with Crippen LogP contribution in [0.4, 0.5) is 0 Å². The zero-order chi connectivity index (χ0) is 14.7.